The molecule has 0 saturated carbocycles. The lowest BCUT2D eigenvalue weighted by molar-refractivity contribution is 0.0342. The van der Waals surface area contributed by atoms with E-state index in [1.165, 1.54) is 17.3 Å². The molecular weight excluding hydrogens is 368 g/mol. The highest BCUT2D eigenvalue weighted by molar-refractivity contribution is 7.98. The quantitative estimate of drug-likeness (QED) is 0.652. The largest absolute Gasteiger partial charge is 0.379 e. The normalized spacial score (nSPS) is 14.7. The number of nitrogens with one attached hydrogen (secondary N) is 1. The Balaban J connectivity index is 1.68. The fourth-order valence-electron chi connectivity index (χ4n) is 3.48. The van der Waals surface area contributed by atoms with Gasteiger partial charge in [-0.2, -0.15) is 5.26 Å². The lowest BCUT2D eigenvalue weighted by atomic mass is 10.1. The molecule has 0 spiro atoms. The van der Waals surface area contributed by atoms with Gasteiger partial charge in [-0.15, -0.1) is 11.8 Å². The number of para-hydroxylation sites is 1. The standard InChI is InChI=1S/C22H22N4OS/c1-28-22-19(14-23)21(18-7-2-3-8-20(18)25-22)24-17-6-4-5-16(13-17)15-26-9-11-27-12-10-26/h2-8,13H,9-12,15H2,1H3,(H,24,25). The summed E-state index contributed by atoms with van der Waals surface area (Å²) in [7, 11) is 0. The maximum atomic E-state index is 9.78. The minimum atomic E-state index is 0.588. The number of fused-ring (bicyclic) bond motifs is 1. The van der Waals surface area contributed by atoms with Crippen molar-refractivity contribution in [3.05, 3.63) is 59.7 Å². The van der Waals surface area contributed by atoms with Gasteiger partial charge in [-0.25, -0.2) is 4.98 Å². The molecule has 0 aliphatic carbocycles. The number of thioether (sulfide) groups is 1. The fraction of sp³-hybridized carbons (Fsp3) is 0.273. The van der Waals surface area contributed by atoms with Gasteiger partial charge in [0.1, 0.15) is 16.7 Å². The first-order valence-electron chi connectivity index (χ1n) is 9.31. The Labute approximate surface area is 169 Å². The molecule has 0 bridgehead atoms. The van der Waals surface area contributed by atoms with Gasteiger partial charge >= 0.3 is 0 Å². The number of nitrogens with zero attached hydrogens (tertiary/aromatic N) is 3. The predicted octanol–water partition coefficient (Wildman–Crippen LogP) is 4.40. The third-order valence-electron chi connectivity index (χ3n) is 4.87. The molecule has 0 amide bonds. The highest BCUT2D eigenvalue weighted by Crippen LogP contribution is 2.34. The molecule has 1 fully saturated rings. The van der Waals surface area contributed by atoms with Crippen LogP contribution in [0.1, 0.15) is 11.1 Å². The Morgan fingerprint density at radius 1 is 1.18 bits per heavy atom. The van der Waals surface area contributed by atoms with Gasteiger partial charge in [0, 0.05) is 30.7 Å². The minimum absolute atomic E-state index is 0.588. The summed E-state index contributed by atoms with van der Waals surface area (Å²) in [4.78, 5) is 7.04. The van der Waals surface area contributed by atoms with Crippen LogP contribution in [0.2, 0.25) is 0 Å². The summed E-state index contributed by atoms with van der Waals surface area (Å²) in [6, 6.07) is 18.7. The third-order valence-corrected chi connectivity index (χ3v) is 5.55. The maximum Gasteiger partial charge on any atom is 0.116 e. The zero-order chi connectivity index (χ0) is 19.3. The van der Waals surface area contributed by atoms with Crippen LogP contribution in [0, 0.1) is 11.3 Å². The summed E-state index contributed by atoms with van der Waals surface area (Å²) in [6.07, 6.45) is 1.95. The van der Waals surface area contributed by atoms with E-state index in [0.717, 1.165) is 60.2 Å². The molecule has 6 heteroatoms. The first-order chi connectivity index (χ1) is 13.8. The van der Waals surface area contributed by atoms with E-state index < -0.39 is 0 Å². The van der Waals surface area contributed by atoms with Crippen molar-refractivity contribution in [1.82, 2.24) is 9.88 Å². The van der Waals surface area contributed by atoms with Crippen molar-refractivity contribution in [3.8, 4) is 6.07 Å². The predicted molar refractivity (Wildman–Crippen MR) is 114 cm³/mol. The summed E-state index contributed by atoms with van der Waals surface area (Å²) < 4.78 is 5.44. The number of morpholine rings is 1. The second-order valence-corrected chi connectivity index (χ2v) is 7.51. The molecule has 3 aromatic rings. The molecule has 1 aliphatic rings. The lowest BCUT2D eigenvalue weighted by Gasteiger charge is -2.26. The molecule has 2 heterocycles. The van der Waals surface area contributed by atoms with Crippen LogP contribution in [-0.4, -0.2) is 42.4 Å². The van der Waals surface area contributed by atoms with Gasteiger partial charge in [0.25, 0.3) is 0 Å². The first kappa shape index (κ1) is 18.8. The SMILES string of the molecule is CSc1nc2ccccc2c(Nc2cccc(CN3CCOCC3)c2)c1C#N. The molecule has 0 unspecified atom stereocenters. The first-order valence-corrected chi connectivity index (χ1v) is 10.5. The van der Waals surface area contributed by atoms with Crippen LogP contribution in [0.15, 0.2) is 53.6 Å². The summed E-state index contributed by atoms with van der Waals surface area (Å²) in [5, 5.41) is 15.0. The van der Waals surface area contributed by atoms with E-state index in [-0.39, 0.29) is 0 Å². The topological polar surface area (TPSA) is 61.2 Å². The number of benzene rings is 2. The minimum Gasteiger partial charge on any atom is -0.379 e. The second kappa shape index (κ2) is 8.61. The van der Waals surface area contributed by atoms with Crippen molar-refractivity contribution >= 4 is 34.0 Å². The Hall–Kier alpha value is -2.59. The van der Waals surface area contributed by atoms with Crippen molar-refractivity contribution < 1.29 is 4.74 Å². The van der Waals surface area contributed by atoms with E-state index in [0.29, 0.717) is 5.56 Å². The van der Waals surface area contributed by atoms with E-state index in [4.69, 9.17) is 4.74 Å². The van der Waals surface area contributed by atoms with Crippen molar-refractivity contribution in [1.29, 1.82) is 5.26 Å². The fourth-order valence-corrected chi connectivity index (χ4v) is 4.02. The van der Waals surface area contributed by atoms with Gasteiger partial charge < -0.3 is 10.1 Å². The Morgan fingerprint density at radius 2 is 2.00 bits per heavy atom. The molecule has 0 atom stereocenters. The van der Waals surface area contributed by atoms with Crippen LogP contribution in [0.25, 0.3) is 10.9 Å². The van der Waals surface area contributed by atoms with Gasteiger partial charge in [-0.3, -0.25) is 4.90 Å². The number of aromatic nitrogens is 1. The highest BCUT2D eigenvalue weighted by Gasteiger charge is 2.15. The molecule has 1 saturated heterocycles. The molecule has 1 aromatic heterocycles. The Kier molecular flexibility index (Phi) is 5.77. The summed E-state index contributed by atoms with van der Waals surface area (Å²) in [5.74, 6) is 0. The smallest absolute Gasteiger partial charge is 0.116 e. The number of pyridine rings is 1. The van der Waals surface area contributed by atoms with Crippen molar-refractivity contribution in [2.24, 2.45) is 0 Å². The molecule has 1 aliphatic heterocycles. The van der Waals surface area contributed by atoms with Gasteiger partial charge in [-0.05, 0) is 30.0 Å². The van der Waals surface area contributed by atoms with Crippen molar-refractivity contribution in [3.63, 3.8) is 0 Å². The van der Waals surface area contributed by atoms with Gasteiger partial charge in [-0.1, -0.05) is 30.3 Å². The van der Waals surface area contributed by atoms with Crippen LogP contribution in [0.5, 0.6) is 0 Å². The number of hydrogen-bond donors (Lipinski definition) is 1. The van der Waals surface area contributed by atoms with E-state index in [2.05, 4.69) is 39.5 Å². The average Bonchev–Trinajstić information content (AvgIpc) is 2.74. The van der Waals surface area contributed by atoms with Gasteiger partial charge in [0.05, 0.1) is 24.4 Å². The molecular formula is C22H22N4OS. The number of hydrogen-bond acceptors (Lipinski definition) is 6. The average molecular weight is 391 g/mol. The lowest BCUT2D eigenvalue weighted by Crippen LogP contribution is -2.35. The maximum absolute atomic E-state index is 9.78. The molecule has 5 nitrogen and oxygen atoms in total. The van der Waals surface area contributed by atoms with E-state index in [1.54, 1.807) is 0 Å². The van der Waals surface area contributed by atoms with E-state index in [9.17, 15) is 5.26 Å². The van der Waals surface area contributed by atoms with Crippen LogP contribution in [0.3, 0.4) is 0 Å². The molecule has 2 aromatic carbocycles. The molecule has 4 rings (SSSR count). The summed E-state index contributed by atoms with van der Waals surface area (Å²) >= 11 is 1.49. The Bertz CT molecular complexity index is 1020. The van der Waals surface area contributed by atoms with Crippen LogP contribution in [-0.2, 0) is 11.3 Å². The van der Waals surface area contributed by atoms with Crippen LogP contribution >= 0.6 is 11.8 Å². The van der Waals surface area contributed by atoms with Crippen molar-refractivity contribution in [2.75, 3.05) is 37.9 Å². The van der Waals surface area contributed by atoms with E-state index in [1.807, 2.05) is 36.6 Å². The van der Waals surface area contributed by atoms with Crippen LogP contribution < -0.4 is 5.32 Å². The molecule has 0 radical (unpaired) electrons. The van der Waals surface area contributed by atoms with Crippen LogP contribution in [0.4, 0.5) is 11.4 Å². The molecule has 142 valence electrons. The van der Waals surface area contributed by atoms with Gasteiger partial charge in [0.15, 0.2) is 0 Å². The summed E-state index contributed by atoms with van der Waals surface area (Å²) in [6.45, 7) is 4.41. The zero-order valence-electron chi connectivity index (χ0n) is 15.8. The molecule has 28 heavy (non-hydrogen) atoms. The third kappa shape index (κ3) is 3.97. The number of anilines is 2. The zero-order valence-corrected chi connectivity index (χ0v) is 16.6. The number of ether oxygens (including phenoxy) is 1. The Morgan fingerprint density at radius 3 is 2.79 bits per heavy atom. The number of nitriles is 1. The summed E-state index contributed by atoms with van der Waals surface area (Å²) in [5.41, 5.74) is 4.52. The second-order valence-electron chi connectivity index (χ2n) is 6.71. The van der Waals surface area contributed by atoms with Crippen molar-refractivity contribution in [2.45, 2.75) is 11.6 Å². The van der Waals surface area contributed by atoms with E-state index >= 15 is 0 Å². The monoisotopic (exact) mass is 390 g/mol. The number of rotatable bonds is 5. The van der Waals surface area contributed by atoms with Gasteiger partial charge in [0.2, 0.25) is 0 Å². The molecule has 1 N–H and O–H groups in total. The highest BCUT2D eigenvalue weighted by atomic mass is 32.2.